The highest BCUT2D eigenvalue weighted by Gasteiger charge is 2.32. The molecule has 1 aliphatic rings. The Bertz CT molecular complexity index is 450. The van der Waals surface area contributed by atoms with Gasteiger partial charge in [0.2, 0.25) is 0 Å². The Hall–Kier alpha value is -0.870. The monoisotopic (exact) mass is 283 g/mol. The summed E-state index contributed by atoms with van der Waals surface area (Å²) in [5.41, 5.74) is 6.53. The van der Waals surface area contributed by atoms with E-state index in [2.05, 4.69) is 12.0 Å². The summed E-state index contributed by atoms with van der Waals surface area (Å²) < 4.78 is 1.71. The van der Waals surface area contributed by atoms with E-state index in [0.717, 1.165) is 32.1 Å². The second-order valence-electron chi connectivity index (χ2n) is 5.59. The highest BCUT2D eigenvalue weighted by Crippen LogP contribution is 2.30. The van der Waals surface area contributed by atoms with Gasteiger partial charge in [-0.3, -0.25) is 9.48 Å². The van der Waals surface area contributed by atoms with Crippen molar-refractivity contribution in [2.24, 2.45) is 5.73 Å². The molecule has 1 aliphatic carbocycles. The minimum absolute atomic E-state index is 0.0281. The fraction of sp³-hybridized carbons (Fsp3) is 0.714. The molecule has 0 aromatic carbocycles. The lowest BCUT2D eigenvalue weighted by molar-refractivity contribution is 0.0924. The number of ketones is 1. The summed E-state index contributed by atoms with van der Waals surface area (Å²) in [4.78, 5) is 12.5. The van der Waals surface area contributed by atoms with Gasteiger partial charge in [0.15, 0.2) is 5.78 Å². The van der Waals surface area contributed by atoms with Crippen LogP contribution in [0.25, 0.3) is 0 Å². The van der Waals surface area contributed by atoms with Crippen molar-refractivity contribution in [3.8, 4) is 0 Å². The summed E-state index contributed by atoms with van der Waals surface area (Å²) in [6.07, 6.45) is 8.17. The van der Waals surface area contributed by atoms with Crippen molar-refractivity contribution in [1.82, 2.24) is 9.78 Å². The minimum atomic E-state index is -0.347. The molecule has 106 valence electrons. The van der Waals surface area contributed by atoms with Crippen LogP contribution in [0.4, 0.5) is 0 Å². The van der Waals surface area contributed by atoms with Gasteiger partial charge < -0.3 is 5.73 Å². The van der Waals surface area contributed by atoms with Crippen molar-refractivity contribution in [2.45, 2.75) is 64.0 Å². The summed E-state index contributed by atoms with van der Waals surface area (Å²) in [6, 6.07) is 0. The highest BCUT2D eigenvalue weighted by molar-refractivity contribution is 6.33. The van der Waals surface area contributed by atoms with Crippen LogP contribution in [0.15, 0.2) is 6.20 Å². The van der Waals surface area contributed by atoms with Gasteiger partial charge in [0, 0.05) is 18.5 Å². The minimum Gasteiger partial charge on any atom is -0.325 e. The van der Waals surface area contributed by atoms with Crippen LogP contribution in [-0.4, -0.2) is 21.1 Å². The van der Waals surface area contributed by atoms with Crippen LogP contribution in [0.2, 0.25) is 5.02 Å². The Morgan fingerprint density at radius 3 is 2.79 bits per heavy atom. The van der Waals surface area contributed by atoms with E-state index in [1.165, 1.54) is 6.42 Å². The number of nitrogens with zero attached hydrogens (tertiary/aromatic N) is 2. The van der Waals surface area contributed by atoms with E-state index in [1.54, 1.807) is 10.9 Å². The van der Waals surface area contributed by atoms with E-state index >= 15 is 0 Å². The van der Waals surface area contributed by atoms with Gasteiger partial charge in [-0.1, -0.05) is 37.8 Å². The largest absolute Gasteiger partial charge is 0.325 e. The smallest absolute Gasteiger partial charge is 0.184 e. The second kappa shape index (κ2) is 6.06. The molecule has 0 atom stereocenters. The quantitative estimate of drug-likeness (QED) is 0.844. The molecule has 1 aromatic rings. The number of rotatable bonds is 5. The van der Waals surface area contributed by atoms with Crippen LogP contribution >= 0.6 is 11.6 Å². The van der Waals surface area contributed by atoms with Crippen molar-refractivity contribution < 1.29 is 4.79 Å². The molecular weight excluding hydrogens is 262 g/mol. The number of carbonyl (C=O) groups is 1. The zero-order valence-corrected chi connectivity index (χ0v) is 12.2. The van der Waals surface area contributed by atoms with Crippen molar-refractivity contribution >= 4 is 17.4 Å². The molecule has 0 saturated heterocycles. The summed E-state index contributed by atoms with van der Waals surface area (Å²) in [5.74, 6) is 0.0281. The second-order valence-corrected chi connectivity index (χ2v) is 5.99. The molecule has 4 nitrogen and oxygen atoms in total. The Kier molecular flexibility index (Phi) is 4.63. The van der Waals surface area contributed by atoms with E-state index < -0.39 is 0 Å². The first kappa shape index (κ1) is 14.5. The molecule has 19 heavy (non-hydrogen) atoms. The fourth-order valence-corrected chi connectivity index (χ4v) is 3.10. The molecule has 2 N–H and O–H groups in total. The highest BCUT2D eigenvalue weighted by atomic mass is 35.5. The third kappa shape index (κ3) is 3.37. The Balaban J connectivity index is 2.13. The first-order chi connectivity index (χ1) is 9.06. The Morgan fingerprint density at radius 2 is 2.16 bits per heavy atom. The first-order valence-corrected chi connectivity index (χ1v) is 7.47. The third-order valence-corrected chi connectivity index (χ3v) is 4.13. The lowest BCUT2D eigenvalue weighted by atomic mass is 9.79. The predicted octanol–water partition coefficient (Wildman–Crippen LogP) is 3.18. The van der Waals surface area contributed by atoms with Gasteiger partial charge in [-0.15, -0.1) is 0 Å². The molecule has 1 fully saturated rings. The molecule has 0 aliphatic heterocycles. The average Bonchev–Trinajstić information content (AvgIpc) is 2.71. The maximum Gasteiger partial charge on any atom is 0.184 e. The van der Waals surface area contributed by atoms with Gasteiger partial charge >= 0.3 is 0 Å². The van der Waals surface area contributed by atoms with Crippen LogP contribution in [-0.2, 0) is 6.54 Å². The van der Waals surface area contributed by atoms with E-state index in [4.69, 9.17) is 17.3 Å². The lowest BCUT2D eigenvalue weighted by Gasteiger charge is -2.32. The number of aromatic nitrogens is 2. The van der Waals surface area contributed by atoms with E-state index in [0.29, 0.717) is 23.7 Å². The number of Topliss-reactive ketones (excluding diaryl/α,β-unsaturated/α-hetero) is 1. The molecule has 2 rings (SSSR count). The summed E-state index contributed by atoms with van der Waals surface area (Å²) in [7, 11) is 0. The lowest BCUT2D eigenvalue weighted by Crippen LogP contribution is -2.43. The topological polar surface area (TPSA) is 60.9 Å². The predicted molar refractivity (Wildman–Crippen MR) is 76.5 cm³/mol. The maximum absolute atomic E-state index is 12.5. The van der Waals surface area contributed by atoms with Crippen molar-refractivity contribution in [3.63, 3.8) is 0 Å². The number of nitrogens with two attached hydrogens (primary N) is 1. The normalized spacial score (nSPS) is 18.5. The van der Waals surface area contributed by atoms with Crippen LogP contribution in [0.1, 0.15) is 62.4 Å². The molecular formula is C14H22ClN3O. The van der Waals surface area contributed by atoms with Gasteiger partial charge in [0.1, 0.15) is 5.69 Å². The third-order valence-electron chi connectivity index (χ3n) is 3.86. The summed E-state index contributed by atoms with van der Waals surface area (Å²) in [6.45, 7) is 2.76. The summed E-state index contributed by atoms with van der Waals surface area (Å²) in [5, 5.41) is 4.61. The van der Waals surface area contributed by atoms with E-state index in [9.17, 15) is 4.79 Å². The number of aryl methyl sites for hydroxylation is 1. The molecule has 0 radical (unpaired) electrons. The average molecular weight is 284 g/mol. The molecule has 1 heterocycles. The van der Waals surface area contributed by atoms with E-state index in [-0.39, 0.29) is 11.3 Å². The number of halogens is 1. The van der Waals surface area contributed by atoms with Gasteiger partial charge in [-0.25, -0.2) is 0 Å². The zero-order chi connectivity index (χ0) is 13.9. The maximum atomic E-state index is 12.5. The van der Waals surface area contributed by atoms with Gasteiger partial charge in [0.25, 0.3) is 0 Å². The SMILES string of the molecule is CCCn1ncc(Cl)c1C(=O)CC1(N)CCCCC1. The Labute approximate surface area is 119 Å². The molecule has 0 unspecified atom stereocenters. The summed E-state index contributed by atoms with van der Waals surface area (Å²) >= 11 is 6.09. The number of hydrogen-bond acceptors (Lipinski definition) is 3. The van der Waals surface area contributed by atoms with Crippen LogP contribution < -0.4 is 5.73 Å². The van der Waals surface area contributed by atoms with Crippen LogP contribution in [0.3, 0.4) is 0 Å². The molecule has 1 aromatic heterocycles. The molecule has 0 spiro atoms. The van der Waals surface area contributed by atoms with Crippen molar-refractivity contribution in [2.75, 3.05) is 0 Å². The standard InChI is InChI=1S/C14H22ClN3O/c1-2-8-18-13(11(15)10-17-18)12(19)9-14(16)6-4-3-5-7-14/h10H,2-9,16H2,1H3. The van der Waals surface area contributed by atoms with Crippen LogP contribution in [0, 0.1) is 0 Å². The number of carbonyl (C=O) groups excluding carboxylic acids is 1. The van der Waals surface area contributed by atoms with E-state index in [1.807, 2.05) is 0 Å². The fourth-order valence-electron chi connectivity index (χ4n) is 2.86. The molecule has 0 bridgehead atoms. The van der Waals surface area contributed by atoms with Crippen molar-refractivity contribution in [3.05, 3.63) is 16.9 Å². The van der Waals surface area contributed by atoms with Crippen LogP contribution in [0.5, 0.6) is 0 Å². The molecule has 1 saturated carbocycles. The van der Waals surface area contributed by atoms with Crippen molar-refractivity contribution in [1.29, 1.82) is 0 Å². The zero-order valence-electron chi connectivity index (χ0n) is 11.5. The number of hydrogen-bond donors (Lipinski definition) is 1. The molecule has 0 amide bonds. The molecule has 5 heteroatoms. The first-order valence-electron chi connectivity index (χ1n) is 7.09. The van der Waals surface area contributed by atoms with Gasteiger partial charge in [-0.2, -0.15) is 5.10 Å². The van der Waals surface area contributed by atoms with Gasteiger partial charge in [0.05, 0.1) is 11.2 Å². The van der Waals surface area contributed by atoms with Gasteiger partial charge in [-0.05, 0) is 19.3 Å². The Morgan fingerprint density at radius 1 is 1.47 bits per heavy atom.